The van der Waals surface area contributed by atoms with Crippen LogP contribution in [0.25, 0.3) is 11.1 Å². The number of carbonyl (C=O) groups excluding carboxylic acids is 1. The van der Waals surface area contributed by atoms with E-state index in [1.807, 2.05) is 6.92 Å². The molecule has 0 N–H and O–H groups in total. The number of rotatable bonds is 11. The van der Waals surface area contributed by atoms with E-state index in [0.717, 1.165) is 12.1 Å². The van der Waals surface area contributed by atoms with Gasteiger partial charge in [0.25, 0.3) is 0 Å². The van der Waals surface area contributed by atoms with Gasteiger partial charge < -0.3 is 0 Å². The minimum Gasteiger partial charge on any atom is -0.287 e. The monoisotopic (exact) mass is 549 g/mol. The van der Waals surface area contributed by atoms with Crippen molar-refractivity contribution in [1.82, 2.24) is 0 Å². The van der Waals surface area contributed by atoms with E-state index in [1.165, 1.54) is 16.4 Å². The van der Waals surface area contributed by atoms with Gasteiger partial charge in [0.05, 0.1) is 23.5 Å². The first-order valence-corrected chi connectivity index (χ1v) is 13.8. The summed E-state index contributed by atoms with van der Waals surface area (Å²) in [6.07, 6.45) is -3.18. The molecule has 0 saturated heterocycles. The molecule has 0 spiro atoms. The fourth-order valence-corrected chi connectivity index (χ4v) is 5.33. The van der Waals surface area contributed by atoms with E-state index in [0.29, 0.717) is 46.5 Å². The number of halogens is 3. The fraction of sp³-hybridized carbons (Fsp3) is 0.321. The van der Waals surface area contributed by atoms with E-state index in [2.05, 4.69) is 0 Å². The van der Waals surface area contributed by atoms with Crippen molar-refractivity contribution in [3.63, 3.8) is 0 Å². The Labute approximate surface area is 221 Å². The van der Waals surface area contributed by atoms with Crippen LogP contribution in [-0.4, -0.2) is 20.1 Å². The number of hydrogen-bond acceptors (Lipinski definition) is 5. The summed E-state index contributed by atoms with van der Waals surface area (Å²) in [5.41, 5.74) is 2.08. The predicted octanol–water partition coefficient (Wildman–Crippen LogP) is 7.06. The number of carbonyl (C=O) groups is 1. The maximum absolute atomic E-state index is 13.2. The Morgan fingerprint density at radius 1 is 0.921 bits per heavy atom. The summed E-state index contributed by atoms with van der Waals surface area (Å²) in [5.74, 6) is -0.225. The summed E-state index contributed by atoms with van der Waals surface area (Å²) in [6.45, 7) is 5.39. The van der Waals surface area contributed by atoms with Crippen LogP contribution in [0.15, 0.2) is 66.7 Å². The number of nitrogens with zero attached hydrogens (tertiary/aromatic N) is 1. The Bertz CT molecular complexity index is 1360. The van der Waals surface area contributed by atoms with Crippen molar-refractivity contribution in [1.29, 1.82) is 0 Å². The maximum Gasteiger partial charge on any atom is 0.416 e. The molecule has 0 aromatic heterocycles. The number of anilines is 1. The van der Waals surface area contributed by atoms with Crippen molar-refractivity contribution < 1.29 is 36.2 Å². The van der Waals surface area contributed by atoms with Crippen molar-refractivity contribution in [2.24, 2.45) is 0 Å². The van der Waals surface area contributed by atoms with Gasteiger partial charge in [0.1, 0.15) is 0 Å². The van der Waals surface area contributed by atoms with Gasteiger partial charge in [-0.2, -0.15) is 13.2 Å². The van der Waals surface area contributed by atoms with E-state index in [1.54, 1.807) is 56.3 Å². The van der Waals surface area contributed by atoms with Crippen molar-refractivity contribution in [2.75, 3.05) is 10.1 Å². The topological polar surface area (TPSA) is 72.9 Å². The third-order valence-corrected chi connectivity index (χ3v) is 7.66. The van der Waals surface area contributed by atoms with Crippen LogP contribution in [0, 0.1) is 6.92 Å². The van der Waals surface area contributed by atoms with Gasteiger partial charge in [0, 0.05) is 6.42 Å². The van der Waals surface area contributed by atoms with E-state index < -0.39 is 27.7 Å². The molecule has 0 atom stereocenters. The molecule has 204 valence electrons. The highest BCUT2D eigenvalue weighted by molar-refractivity contribution is 7.92. The van der Waals surface area contributed by atoms with Gasteiger partial charge in [-0.05, 0) is 72.4 Å². The van der Waals surface area contributed by atoms with Crippen LogP contribution in [0.2, 0.25) is 0 Å². The first-order valence-electron chi connectivity index (χ1n) is 12.2. The average Bonchev–Trinajstić information content (AvgIpc) is 2.86. The number of sulfonamides is 1. The fourth-order valence-electron chi connectivity index (χ4n) is 3.82. The third kappa shape index (κ3) is 7.50. The van der Waals surface area contributed by atoms with Gasteiger partial charge >= 0.3 is 12.1 Å². The van der Waals surface area contributed by atoms with Crippen LogP contribution < -0.4 is 9.19 Å². The SMILES string of the molecule is CCCC(=O)OOc1ccc(CN(c2cccc(-c3ccc(C(F)(F)F)cc3)c2)S(=O)(=O)CCC)cc1C. The maximum atomic E-state index is 13.2. The summed E-state index contributed by atoms with van der Waals surface area (Å²) in [5, 5.41) is 0. The molecular weight excluding hydrogens is 519 g/mol. The van der Waals surface area contributed by atoms with E-state index in [4.69, 9.17) is 9.78 Å². The smallest absolute Gasteiger partial charge is 0.287 e. The zero-order valence-corrected chi connectivity index (χ0v) is 22.2. The molecule has 3 aromatic carbocycles. The molecular formula is C28H30F3NO5S. The highest BCUT2D eigenvalue weighted by Gasteiger charge is 2.30. The molecule has 3 rings (SSSR count). The normalized spacial score (nSPS) is 11.7. The van der Waals surface area contributed by atoms with E-state index in [-0.39, 0.29) is 18.7 Å². The summed E-state index contributed by atoms with van der Waals surface area (Å²) in [7, 11) is -3.72. The molecule has 0 unspecified atom stereocenters. The van der Waals surface area contributed by atoms with Crippen LogP contribution in [0.1, 0.15) is 49.8 Å². The lowest BCUT2D eigenvalue weighted by Gasteiger charge is -2.25. The molecule has 0 fully saturated rings. The van der Waals surface area contributed by atoms with Gasteiger partial charge in [0.2, 0.25) is 10.0 Å². The minimum atomic E-state index is -4.44. The average molecular weight is 550 g/mol. The van der Waals surface area contributed by atoms with E-state index in [9.17, 15) is 26.4 Å². The molecule has 10 heteroatoms. The van der Waals surface area contributed by atoms with Gasteiger partial charge in [-0.3, -0.25) is 14.1 Å². The molecule has 0 bridgehead atoms. The first-order chi connectivity index (χ1) is 17.9. The standard InChI is InChI=1S/C28H30F3NO5S/c1-4-7-27(33)37-36-26-15-10-21(17-20(26)3)19-32(38(34,35)16-5-2)25-9-6-8-23(18-25)22-11-13-24(14-12-22)28(29,30)31/h6,8-15,17-18H,4-5,7,16,19H2,1-3H3. The quantitative estimate of drug-likeness (QED) is 0.189. The molecule has 0 heterocycles. The van der Waals surface area contributed by atoms with Crippen LogP contribution in [-0.2, 0) is 32.4 Å². The number of benzene rings is 3. The zero-order chi connectivity index (χ0) is 27.9. The number of hydrogen-bond donors (Lipinski definition) is 0. The first kappa shape index (κ1) is 29.0. The van der Waals surface area contributed by atoms with Crippen molar-refractivity contribution in [2.45, 2.75) is 52.8 Å². The lowest BCUT2D eigenvalue weighted by atomic mass is 10.0. The molecule has 6 nitrogen and oxygen atoms in total. The molecule has 3 aromatic rings. The molecule has 38 heavy (non-hydrogen) atoms. The van der Waals surface area contributed by atoms with Crippen LogP contribution in [0.4, 0.5) is 18.9 Å². The molecule has 0 aliphatic carbocycles. The largest absolute Gasteiger partial charge is 0.416 e. The number of alkyl halides is 3. The Hall–Kier alpha value is -3.53. The van der Waals surface area contributed by atoms with Crippen LogP contribution >= 0.6 is 0 Å². The van der Waals surface area contributed by atoms with Gasteiger partial charge in [-0.1, -0.05) is 50.2 Å². The summed E-state index contributed by atoms with van der Waals surface area (Å²) >= 11 is 0. The number of aryl methyl sites for hydroxylation is 1. The van der Waals surface area contributed by atoms with Gasteiger partial charge in [-0.25, -0.2) is 13.2 Å². The molecule has 0 amide bonds. The lowest BCUT2D eigenvalue weighted by molar-refractivity contribution is -0.214. The highest BCUT2D eigenvalue weighted by atomic mass is 32.2. The van der Waals surface area contributed by atoms with Crippen molar-refractivity contribution in [3.05, 3.63) is 83.4 Å². The Balaban J connectivity index is 1.90. The second-order valence-electron chi connectivity index (χ2n) is 8.84. The Morgan fingerprint density at radius 3 is 2.24 bits per heavy atom. The third-order valence-electron chi connectivity index (χ3n) is 5.72. The molecule has 0 saturated carbocycles. The summed E-state index contributed by atoms with van der Waals surface area (Å²) in [6, 6.07) is 16.4. The molecule has 0 aliphatic rings. The Kier molecular flexibility index (Phi) is 9.43. The second kappa shape index (κ2) is 12.3. The van der Waals surface area contributed by atoms with Gasteiger partial charge in [-0.15, -0.1) is 0 Å². The predicted molar refractivity (Wildman–Crippen MR) is 140 cm³/mol. The van der Waals surface area contributed by atoms with Crippen LogP contribution in [0.3, 0.4) is 0 Å². The summed E-state index contributed by atoms with van der Waals surface area (Å²) in [4.78, 5) is 21.5. The zero-order valence-electron chi connectivity index (χ0n) is 21.4. The molecule has 0 radical (unpaired) electrons. The summed E-state index contributed by atoms with van der Waals surface area (Å²) < 4.78 is 66.7. The van der Waals surface area contributed by atoms with Crippen LogP contribution in [0.5, 0.6) is 5.75 Å². The van der Waals surface area contributed by atoms with E-state index >= 15 is 0 Å². The van der Waals surface area contributed by atoms with Gasteiger partial charge in [0.15, 0.2) is 5.75 Å². The molecule has 0 aliphatic heterocycles. The minimum absolute atomic E-state index is 0.0234. The van der Waals surface area contributed by atoms with Crippen molar-refractivity contribution >= 4 is 21.7 Å². The Morgan fingerprint density at radius 2 is 1.63 bits per heavy atom. The highest BCUT2D eigenvalue weighted by Crippen LogP contribution is 2.33. The second-order valence-corrected chi connectivity index (χ2v) is 10.8. The van der Waals surface area contributed by atoms with Crippen molar-refractivity contribution in [3.8, 4) is 16.9 Å². The lowest BCUT2D eigenvalue weighted by Crippen LogP contribution is -2.32.